The number of allylic oxidation sites excluding steroid dienone is 6. The van der Waals surface area contributed by atoms with Crippen molar-refractivity contribution in [3.05, 3.63) is 131 Å². The van der Waals surface area contributed by atoms with Crippen molar-refractivity contribution in [3.8, 4) is 5.75 Å². The van der Waals surface area contributed by atoms with Gasteiger partial charge < -0.3 is 5.11 Å². The van der Waals surface area contributed by atoms with E-state index in [4.69, 9.17) is 11.6 Å². The first-order chi connectivity index (χ1) is 14.6. The third kappa shape index (κ3) is 4.29. The molecule has 148 valence electrons. The molecule has 1 unspecified atom stereocenters. The molecule has 0 spiro atoms. The minimum atomic E-state index is -0.498. The first kappa shape index (κ1) is 19.9. The fourth-order valence-corrected chi connectivity index (χ4v) is 3.86. The molecular formula is C27H21ClO2. The Kier molecular flexibility index (Phi) is 5.69. The molecule has 1 aliphatic rings. The Labute approximate surface area is 181 Å². The highest BCUT2D eigenvalue weighted by atomic mass is 35.5. The number of aromatic hydroxyl groups is 1. The van der Waals surface area contributed by atoms with E-state index in [1.807, 2.05) is 78.9 Å². The van der Waals surface area contributed by atoms with Crippen molar-refractivity contribution in [2.45, 2.75) is 11.8 Å². The summed E-state index contributed by atoms with van der Waals surface area (Å²) in [5.74, 6) is 0.177. The van der Waals surface area contributed by atoms with E-state index >= 15 is 0 Å². The molecule has 0 fully saturated rings. The first-order valence-electron chi connectivity index (χ1n) is 9.78. The predicted molar refractivity (Wildman–Crippen MR) is 123 cm³/mol. The molecule has 30 heavy (non-hydrogen) atoms. The summed E-state index contributed by atoms with van der Waals surface area (Å²) in [4.78, 5) is 12.7. The maximum Gasteiger partial charge on any atom is 0.185 e. The van der Waals surface area contributed by atoms with E-state index in [1.54, 1.807) is 18.2 Å². The molecule has 1 N–H and O–H groups in total. The van der Waals surface area contributed by atoms with E-state index in [9.17, 15) is 9.90 Å². The summed E-state index contributed by atoms with van der Waals surface area (Å²) in [6.07, 6.45) is 10.5. The molecule has 0 aliphatic heterocycles. The minimum absolute atomic E-state index is 0.0373. The molecule has 3 aromatic rings. The molecule has 1 atom stereocenters. The molecule has 3 heteroatoms. The van der Waals surface area contributed by atoms with Crippen molar-refractivity contribution in [1.82, 2.24) is 0 Å². The summed E-state index contributed by atoms with van der Waals surface area (Å²) in [5.41, 5.74) is 3.41. The summed E-state index contributed by atoms with van der Waals surface area (Å²) in [6, 6.07) is 24.2. The van der Waals surface area contributed by atoms with Crippen molar-refractivity contribution >= 4 is 23.0 Å². The predicted octanol–water partition coefficient (Wildman–Crippen LogP) is 6.77. The van der Waals surface area contributed by atoms with Gasteiger partial charge in [0, 0.05) is 16.0 Å². The highest BCUT2D eigenvalue weighted by molar-refractivity contribution is 6.30. The molecule has 1 aliphatic carbocycles. The Hall–Kier alpha value is -3.36. The number of hydrogen-bond acceptors (Lipinski definition) is 2. The highest BCUT2D eigenvalue weighted by Crippen LogP contribution is 2.41. The maximum atomic E-state index is 12.7. The summed E-state index contributed by atoms with van der Waals surface area (Å²) in [5, 5.41) is 10.4. The summed E-state index contributed by atoms with van der Waals surface area (Å²) in [7, 11) is 0. The van der Waals surface area contributed by atoms with Gasteiger partial charge in [0.25, 0.3) is 0 Å². The summed E-state index contributed by atoms with van der Waals surface area (Å²) in [6.45, 7) is 0. The van der Waals surface area contributed by atoms with E-state index in [1.165, 1.54) is 0 Å². The average molecular weight is 413 g/mol. The zero-order chi connectivity index (χ0) is 21.0. The van der Waals surface area contributed by atoms with Crippen LogP contribution >= 0.6 is 11.6 Å². The SMILES string of the molecule is O=C(C=CC1(c2ccc(O)cc2)C=CC=C(c2ccc(Cl)cc2)C1)c1ccccc1. The zero-order valence-corrected chi connectivity index (χ0v) is 17.1. The molecule has 0 heterocycles. The molecule has 0 radical (unpaired) electrons. The van der Waals surface area contributed by atoms with Gasteiger partial charge in [-0.1, -0.05) is 90.5 Å². The average Bonchev–Trinajstić information content (AvgIpc) is 2.79. The van der Waals surface area contributed by atoms with Crippen LogP contribution in [0.1, 0.15) is 27.9 Å². The third-order valence-electron chi connectivity index (χ3n) is 5.38. The van der Waals surface area contributed by atoms with Gasteiger partial charge in [-0.2, -0.15) is 0 Å². The van der Waals surface area contributed by atoms with Gasteiger partial charge in [-0.3, -0.25) is 4.79 Å². The minimum Gasteiger partial charge on any atom is -0.508 e. The fraction of sp³-hybridized carbons (Fsp3) is 0.0741. The Morgan fingerprint density at radius 1 is 0.933 bits per heavy atom. The fourth-order valence-electron chi connectivity index (χ4n) is 3.73. The van der Waals surface area contributed by atoms with Crippen LogP contribution in [0.3, 0.4) is 0 Å². The van der Waals surface area contributed by atoms with Crippen LogP contribution < -0.4 is 0 Å². The molecule has 0 saturated heterocycles. The molecule has 4 rings (SSSR count). The van der Waals surface area contributed by atoms with E-state index in [0.717, 1.165) is 16.7 Å². The number of hydrogen-bond donors (Lipinski definition) is 1. The maximum absolute atomic E-state index is 12.7. The van der Waals surface area contributed by atoms with E-state index in [2.05, 4.69) is 12.2 Å². The van der Waals surface area contributed by atoms with Crippen LogP contribution in [0.2, 0.25) is 5.02 Å². The lowest BCUT2D eigenvalue weighted by atomic mass is 9.71. The van der Waals surface area contributed by atoms with Gasteiger partial charge in [-0.25, -0.2) is 0 Å². The molecule has 0 saturated carbocycles. The van der Waals surface area contributed by atoms with Crippen LogP contribution in [0.15, 0.2) is 109 Å². The molecular weight excluding hydrogens is 392 g/mol. The van der Waals surface area contributed by atoms with Crippen molar-refractivity contribution in [1.29, 1.82) is 0 Å². The van der Waals surface area contributed by atoms with Crippen molar-refractivity contribution in [2.75, 3.05) is 0 Å². The van der Waals surface area contributed by atoms with Crippen molar-refractivity contribution < 1.29 is 9.90 Å². The van der Waals surface area contributed by atoms with E-state index in [-0.39, 0.29) is 11.5 Å². The lowest BCUT2D eigenvalue weighted by molar-refractivity contribution is 0.104. The molecule has 0 aromatic heterocycles. The summed E-state index contributed by atoms with van der Waals surface area (Å²) < 4.78 is 0. The van der Waals surface area contributed by atoms with Crippen LogP contribution in [0.5, 0.6) is 5.75 Å². The number of carbonyl (C=O) groups excluding carboxylic acids is 1. The smallest absolute Gasteiger partial charge is 0.185 e. The second-order valence-electron chi connectivity index (χ2n) is 7.39. The number of halogens is 1. The zero-order valence-electron chi connectivity index (χ0n) is 16.3. The van der Waals surface area contributed by atoms with Crippen LogP contribution in [-0.4, -0.2) is 10.9 Å². The van der Waals surface area contributed by atoms with E-state index < -0.39 is 5.41 Å². The number of ketones is 1. The number of rotatable bonds is 5. The van der Waals surface area contributed by atoms with Gasteiger partial charge in [0.2, 0.25) is 0 Å². The van der Waals surface area contributed by atoms with Gasteiger partial charge in [0.15, 0.2) is 5.78 Å². The van der Waals surface area contributed by atoms with Crippen LogP contribution in [0.25, 0.3) is 5.57 Å². The third-order valence-corrected chi connectivity index (χ3v) is 5.64. The Morgan fingerprint density at radius 2 is 1.63 bits per heavy atom. The monoisotopic (exact) mass is 412 g/mol. The van der Waals surface area contributed by atoms with Crippen LogP contribution in [-0.2, 0) is 5.41 Å². The van der Waals surface area contributed by atoms with Gasteiger partial charge in [0.1, 0.15) is 5.75 Å². The number of benzene rings is 3. The van der Waals surface area contributed by atoms with Gasteiger partial charge in [0.05, 0.1) is 0 Å². The van der Waals surface area contributed by atoms with Crippen molar-refractivity contribution in [2.24, 2.45) is 0 Å². The molecule has 2 nitrogen and oxygen atoms in total. The first-order valence-corrected chi connectivity index (χ1v) is 10.2. The van der Waals surface area contributed by atoms with Gasteiger partial charge >= 0.3 is 0 Å². The number of carbonyl (C=O) groups is 1. The Balaban J connectivity index is 1.72. The lowest BCUT2D eigenvalue weighted by Gasteiger charge is -2.32. The standard InChI is InChI=1S/C27H21ClO2/c28-24-12-8-20(9-13-24)22-7-4-17-27(19-22,23-10-14-25(29)15-11-23)18-16-26(30)21-5-2-1-3-6-21/h1-18,29H,19H2. The topological polar surface area (TPSA) is 37.3 Å². The quantitative estimate of drug-likeness (QED) is 0.371. The van der Waals surface area contributed by atoms with Crippen molar-refractivity contribution in [3.63, 3.8) is 0 Å². The van der Waals surface area contributed by atoms with Crippen LogP contribution in [0.4, 0.5) is 0 Å². The second kappa shape index (κ2) is 8.56. The lowest BCUT2D eigenvalue weighted by Crippen LogP contribution is -2.23. The molecule has 0 amide bonds. The molecule has 3 aromatic carbocycles. The normalized spacial score (nSPS) is 18.4. The number of phenols is 1. The molecule has 0 bridgehead atoms. The number of phenolic OH excluding ortho intramolecular Hbond substituents is 1. The largest absolute Gasteiger partial charge is 0.508 e. The Morgan fingerprint density at radius 3 is 2.33 bits per heavy atom. The highest BCUT2D eigenvalue weighted by Gasteiger charge is 2.30. The van der Waals surface area contributed by atoms with Crippen LogP contribution in [0, 0.1) is 0 Å². The second-order valence-corrected chi connectivity index (χ2v) is 7.82. The van der Waals surface area contributed by atoms with E-state index in [0.29, 0.717) is 17.0 Å². The van der Waals surface area contributed by atoms with Gasteiger partial charge in [-0.05, 0) is 53.5 Å². The summed E-state index contributed by atoms with van der Waals surface area (Å²) >= 11 is 6.05. The Bertz CT molecular complexity index is 1120. The van der Waals surface area contributed by atoms with Gasteiger partial charge in [-0.15, -0.1) is 0 Å².